The molecule has 2 aromatic heterocycles. The first-order chi connectivity index (χ1) is 11.1. The van der Waals surface area contributed by atoms with Gasteiger partial charge in [0, 0.05) is 11.6 Å². The fourth-order valence-electron chi connectivity index (χ4n) is 2.11. The van der Waals surface area contributed by atoms with Gasteiger partial charge in [-0.2, -0.15) is 5.10 Å². The molecule has 0 aliphatic heterocycles. The highest BCUT2D eigenvalue weighted by Crippen LogP contribution is 2.32. The van der Waals surface area contributed by atoms with Crippen LogP contribution in [0.15, 0.2) is 6.20 Å². The molecule has 0 aliphatic rings. The minimum absolute atomic E-state index is 0.00435. The number of nitrogens with two attached hydrogens (primary N) is 1. The van der Waals surface area contributed by atoms with E-state index in [1.165, 1.54) is 0 Å². The van der Waals surface area contributed by atoms with Gasteiger partial charge in [0.05, 0.1) is 22.3 Å². The minimum atomic E-state index is -0.940. The number of nitrogens with zero attached hydrogens (tertiary/aromatic N) is 3. The zero-order valence-corrected chi connectivity index (χ0v) is 15.3. The predicted octanol–water partition coefficient (Wildman–Crippen LogP) is 3.48. The molecule has 10 heteroatoms. The Morgan fingerprint density at radius 3 is 2.38 bits per heavy atom. The molecule has 3 N–H and O–H groups in total. The van der Waals surface area contributed by atoms with Crippen LogP contribution >= 0.6 is 34.8 Å². The van der Waals surface area contributed by atoms with Crippen LogP contribution in [-0.4, -0.2) is 26.6 Å². The van der Waals surface area contributed by atoms with E-state index in [2.05, 4.69) is 15.4 Å². The standard InChI is InChI=1S/C14H14Cl3N5O2/c1-5(2)22-13(6(3)4-19-22)21-14(24)7-8(12(18)23)10(16)20-11(17)9(7)15/h4-5H,1-3H3,(H2,18,23)(H,21,24). The van der Waals surface area contributed by atoms with Crippen LogP contribution in [0, 0.1) is 6.92 Å². The van der Waals surface area contributed by atoms with Gasteiger partial charge in [0.25, 0.3) is 11.8 Å². The molecule has 0 aromatic carbocycles. The molecule has 0 radical (unpaired) electrons. The lowest BCUT2D eigenvalue weighted by Gasteiger charge is -2.15. The molecule has 0 fully saturated rings. The number of pyridine rings is 1. The predicted molar refractivity (Wildman–Crippen MR) is 93.1 cm³/mol. The average Bonchev–Trinajstić information content (AvgIpc) is 2.83. The van der Waals surface area contributed by atoms with E-state index >= 15 is 0 Å². The Labute approximate surface area is 153 Å². The van der Waals surface area contributed by atoms with Crippen LogP contribution in [0.3, 0.4) is 0 Å². The van der Waals surface area contributed by atoms with Gasteiger partial charge < -0.3 is 11.1 Å². The van der Waals surface area contributed by atoms with Crippen LogP contribution in [-0.2, 0) is 0 Å². The zero-order valence-electron chi connectivity index (χ0n) is 13.0. The van der Waals surface area contributed by atoms with E-state index in [0.29, 0.717) is 5.82 Å². The van der Waals surface area contributed by atoms with Crippen molar-refractivity contribution < 1.29 is 9.59 Å². The number of halogens is 3. The molecule has 24 heavy (non-hydrogen) atoms. The quantitative estimate of drug-likeness (QED) is 0.780. The molecule has 128 valence electrons. The molecule has 0 saturated carbocycles. The molecule has 0 spiro atoms. The first kappa shape index (κ1) is 18.5. The van der Waals surface area contributed by atoms with Crippen molar-refractivity contribution in [1.29, 1.82) is 0 Å². The summed E-state index contributed by atoms with van der Waals surface area (Å²) in [6.45, 7) is 5.60. The summed E-state index contributed by atoms with van der Waals surface area (Å²) >= 11 is 17.8. The molecule has 0 atom stereocenters. The summed E-state index contributed by atoms with van der Waals surface area (Å²) in [6, 6.07) is 0.00435. The number of carbonyl (C=O) groups excluding carboxylic acids is 2. The van der Waals surface area contributed by atoms with Crippen LogP contribution in [0.1, 0.15) is 46.2 Å². The fourth-order valence-corrected chi connectivity index (χ4v) is 2.83. The van der Waals surface area contributed by atoms with Crippen molar-refractivity contribution in [3.05, 3.63) is 38.2 Å². The Kier molecular flexibility index (Phi) is 5.37. The number of rotatable bonds is 4. The van der Waals surface area contributed by atoms with Crippen molar-refractivity contribution in [3.63, 3.8) is 0 Å². The van der Waals surface area contributed by atoms with Gasteiger partial charge in [-0.25, -0.2) is 9.67 Å². The van der Waals surface area contributed by atoms with Crippen molar-refractivity contribution in [3.8, 4) is 0 Å². The molecule has 2 rings (SSSR count). The number of amides is 2. The molecule has 0 unspecified atom stereocenters. The highest BCUT2D eigenvalue weighted by molar-refractivity contribution is 6.45. The van der Waals surface area contributed by atoms with Gasteiger partial charge in [-0.3, -0.25) is 9.59 Å². The highest BCUT2D eigenvalue weighted by Gasteiger charge is 2.27. The second-order valence-corrected chi connectivity index (χ2v) is 6.38. The maximum absolute atomic E-state index is 12.7. The van der Waals surface area contributed by atoms with E-state index in [0.717, 1.165) is 5.56 Å². The summed E-state index contributed by atoms with van der Waals surface area (Å²) in [5.41, 5.74) is 5.50. The Morgan fingerprint density at radius 1 is 1.21 bits per heavy atom. The number of nitrogens with one attached hydrogen (secondary N) is 1. The molecular formula is C14H14Cl3N5O2. The fraction of sp³-hybridized carbons (Fsp3) is 0.286. The lowest BCUT2D eigenvalue weighted by atomic mass is 10.1. The zero-order chi connectivity index (χ0) is 18.2. The number of carbonyl (C=O) groups is 2. The minimum Gasteiger partial charge on any atom is -0.365 e. The molecular weight excluding hydrogens is 377 g/mol. The van der Waals surface area contributed by atoms with Gasteiger partial charge >= 0.3 is 0 Å². The summed E-state index contributed by atoms with van der Waals surface area (Å²) in [4.78, 5) is 28.1. The van der Waals surface area contributed by atoms with E-state index < -0.39 is 11.8 Å². The maximum Gasteiger partial charge on any atom is 0.259 e. The van der Waals surface area contributed by atoms with Crippen LogP contribution in [0.4, 0.5) is 5.82 Å². The lowest BCUT2D eigenvalue weighted by molar-refractivity contribution is 0.0976. The van der Waals surface area contributed by atoms with E-state index in [1.807, 2.05) is 13.8 Å². The van der Waals surface area contributed by atoms with Crippen molar-refractivity contribution >= 4 is 52.4 Å². The lowest BCUT2D eigenvalue weighted by Crippen LogP contribution is -2.24. The van der Waals surface area contributed by atoms with E-state index in [-0.39, 0.29) is 32.5 Å². The van der Waals surface area contributed by atoms with Crippen molar-refractivity contribution in [1.82, 2.24) is 14.8 Å². The third-order valence-electron chi connectivity index (χ3n) is 3.23. The Hall–Kier alpha value is -1.83. The summed E-state index contributed by atoms with van der Waals surface area (Å²) in [5.74, 6) is -1.17. The maximum atomic E-state index is 12.7. The summed E-state index contributed by atoms with van der Waals surface area (Å²) in [7, 11) is 0. The molecule has 2 amide bonds. The first-order valence-electron chi connectivity index (χ1n) is 6.84. The summed E-state index contributed by atoms with van der Waals surface area (Å²) < 4.78 is 1.62. The highest BCUT2D eigenvalue weighted by atomic mass is 35.5. The monoisotopic (exact) mass is 389 g/mol. The van der Waals surface area contributed by atoms with Crippen LogP contribution in [0.25, 0.3) is 0 Å². The van der Waals surface area contributed by atoms with Crippen LogP contribution < -0.4 is 11.1 Å². The van der Waals surface area contributed by atoms with Gasteiger partial charge in [0.1, 0.15) is 16.1 Å². The number of anilines is 1. The SMILES string of the molecule is Cc1cnn(C(C)C)c1NC(=O)c1c(Cl)c(Cl)nc(Cl)c1C(N)=O. The topological polar surface area (TPSA) is 103 Å². The second-order valence-electron chi connectivity index (χ2n) is 5.29. The largest absolute Gasteiger partial charge is 0.365 e. The van der Waals surface area contributed by atoms with Crippen LogP contribution in [0.5, 0.6) is 0 Å². The third-order valence-corrected chi connectivity index (χ3v) is 4.24. The van der Waals surface area contributed by atoms with Crippen LogP contribution in [0.2, 0.25) is 15.3 Å². The number of aryl methyl sites for hydroxylation is 1. The van der Waals surface area contributed by atoms with Gasteiger partial charge in [-0.05, 0) is 20.8 Å². The van der Waals surface area contributed by atoms with E-state index in [9.17, 15) is 9.59 Å². The van der Waals surface area contributed by atoms with Crippen molar-refractivity contribution in [2.45, 2.75) is 26.8 Å². The second kappa shape index (κ2) is 6.96. The van der Waals surface area contributed by atoms with Gasteiger partial charge in [0.15, 0.2) is 0 Å². The normalized spacial score (nSPS) is 11.0. The Bertz CT molecular complexity index is 832. The first-order valence-corrected chi connectivity index (χ1v) is 7.98. The van der Waals surface area contributed by atoms with Crippen molar-refractivity contribution in [2.75, 3.05) is 5.32 Å². The Morgan fingerprint density at radius 2 is 1.83 bits per heavy atom. The smallest absolute Gasteiger partial charge is 0.259 e. The van der Waals surface area contributed by atoms with Gasteiger partial charge in [-0.15, -0.1) is 0 Å². The summed E-state index contributed by atoms with van der Waals surface area (Å²) in [6.07, 6.45) is 1.61. The molecule has 2 aromatic rings. The third kappa shape index (κ3) is 3.33. The molecule has 0 saturated heterocycles. The molecule has 2 heterocycles. The molecule has 0 aliphatic carbocycles. The molecule has 0 bridgehead atoms. The number of hydrogen-bond donors (Lipinski definition) is 2. The van der Waals surface area contributed by atoms with Gasteiger partial charge in [0.2, 0.25) is 0 Å². The number of aromatic nitrogens is 3. The number of hydrogen-bond acceptors (Lipinski definition) is 4. The Balaban J connectivity index is 2.56. The average molecular weight is 391 g/mol. The van der Waals surface area contributed by atoms with Crippen molar-refractivity contribution in [2.24, 2.45) is 5.73 Å². The van der Waals surface area contributed by atoms with E-state index in [4.69, 9.17) is 40.5 Å². The van der Waals surface area contributed by atoms with Gasteiger partial charge in [-0.1, -0.05) is 34.8 Å². The summed E-state index contributed by atoms with van der Waals surface area (Å²) in [5, 5.41) is 6.16. The molecule has 7 nitrogen and oxygen atoms in total. The van der Waals surface area contributed by atoms with E-state index in [1.54, 1.807) is 17.8 Å². The number of primary amides is 1.